The summed E-state index contributed by atoms with van der Waals surface area (Å²) >= 11 is 0. The number of ether oxygens (including phenoxy) is 1. The third kappa shape index (κ3) is 5.98. The Morgan fingerprint density at radius 2 is 1.59 bits per heavy atom. The summed E-state index contributed by atoms with van der Waals surface area (Å²) < 4.78 is 5.13. The van der Waals surface area contributed by atoms with Crippen molar-refractivity contribution in [3.05, 3.63) is 24.3 Å². The zero-order chi connectivity index (χ0) is 20.0. The van der Waals surface area contributed by atoms with Crippen LogP contribution in [0, 0.1) is 23.7 Å². The second kappa shape index (κ2) is 9.77. The first kappa shape index (κ1) is 21.3. The molecule has 1 aliphatic carbocycles. The summed E-state index contributed by atoms with van der Waals surface area (Å²) in [6, 6.07) is 6.64. The van der Waals surface area contributed by atoms with Crippen LogP contribution in [0.25, 0.3) is 0 Å². The molecule has 0 aliphatic heterocycles. The molecule has 0 saturated heterocycles. The molecule has 1 aromatic rings. The van der Waals surface area contributed by atoms with Crippen molar-refractivity contribution >= 4 is 17.5 Å². The molecule has 0 heterocycles. The van der Waals surface area contributed by atoms with Crippen LogP contribution in [0.5, 0.6) is 5.75 Å². The van der Waals surface area contributed by atoms with Crippen LogP contribution in [0.4, 0.5) is 5.69 Å². The van der Waals surface area contributed by atoms with Crippen LogP contribution < -0.4 is 15.4 Å². The van der Waals surface area contributed by atoms with Crippen molar-refractivity contribution < 1.29 is 14.3 Å². The van der Waals surface area contributed by atoms with Gasteiger partial charge in [-0.05, 0) is 67.7 Å². The number of hydrogen-bond acceptors (Lipinski definition) is 3. The van der Waals surface area contributed by atoms with Gasteiger partial charge in [0.05, 0.1) is 7.11 Å². The lowest BCUT2D eigenvalue weighted by molar-refractivity contribution is -0.131. The van der Waals surface area contributed by atoms with Gasteiger partial charge in [0.1, 0.15) is 11.8 Å². The number of benzene rings is 1. The fraction of sp³-hybridized carbons (Fsp3) is 0.636. The van der Waals surface area contributed by atoms with Gasteiger partial charge < -0.3 is 15.4 Å². The second-order valence-electron chi connectivity index (χ2n) is 8.30. The summed E-state index contributed by atoms with van der Waals surface area (Å²) in [6.07, 6.45) is 4.03. The van der Waals surface area contributed by atoms with Crippen molar-refractivity contribution in [2.45, 2.75) is 59.4 Å². The highest BCUT2D eigenvalue weighted by Gasteiger charge is 2.31. The number of anilines is 1. The van der Waals surface area contributed by atoms with Gasteiger partial charge in [-0.1, -0.05) is 27.7 Å². The first-order chi connectivity index (χ1) is 12.8. The van der Waals surface area contributed by atoms with Crippen LogP contribution in [0.15, 0.2) is 24.3 Å². The molecule has 5 heteroatoms. The predicted molar refractivity (Wildman–Crippen MR) is 109 cm³/mol. The second-order valence-corrected chi connectivity index (χ2v) is 8.30. The standard InChI is InChI=1S/C22H34N2O3/c1-14(2)16-6-8-17(9-7-16)21(25)24-20(15(3)4)22(26)23-18-10-12-19(27-5)13-11-18/h10-17,20H,6-9H2,1-5H3,(H,23,26)(H,24,25). The van der Waals surface area contributed by atoms with Crippen LogP contribution in [-0.4, -0.2) is 25.0 Å². The summed E-state index contributed by atoms with van der Waals surface area (Å²) in [5.41, 5.74) is 0.693. The first-order valence-corrected chi connectivity index (χ1v) is 10.1. The van der Waals surface area contributed by atoms with Crippen molar-refractivity contribution in [2.75, 3.05) is 12.4 Å². The van der Waals surface area contributed by atoms with Crippen molar-refractivity contribution in [2.24, 2.45) is 23.7 Å². The van der Waals surface area contributed by atoms with Crippen LogP contribution in [-0.2, 0) is 9.59 Å². The molecule has 0 radical (unpaired) electrons. The van der Waals surface area contributed by atoms with Gasteiger partial charge >= 0.3 is 0 Å². The zero-order valence-corrected chi connectivity index (χ0v) is 17.2. The van der Waals surface area contributed by atoms with E-state index in [0.29, 0.717) is 17.5 Å². The van der Waals surface area contributed by atoms with E-state index < -0.39 is 6.04 Å². The molecule has 2 amide bonds. The Balaban J connectivity index is 1.93. The van der Waals surface area contributed by atoms with Crippen LogP contribution in [0.2, 0.25) is 0 Å². The Hall–Kier alpha value is -2.04. The Morgan fingerprint density at radius 1 is 1.00 bits per heavy atom. The molecule has 2 rings (SSSR count). The van der Waals surface area contributed by atoms with Crippen LogP contribution in [0.1, 0.15) is 53.4 Å². The highest BCUT2D eigenvalue weighted by molar-refractivity contribution is 5.97. The fourth-order valence-electron chi connectivity index (χ4n) is 3.75. The molecule has 0 bridgehead atoms. The van der Waals surface area contributed by atoms with Gasteiger partial charge in [0.2, 0.25) is 11.8 Å². The molecule has 1 aromatic carbocycles. The number of methoxy groups -OCH3 is 1. The Morgan fingerprint density at radius 3 is 2.07 bits per heavy atom. The minimum atomic E-state index is -0.539. The third-order valence-electron chi connectivity index (χ3n) is 5.69. The monoisotopic (exact) mass is 374 g/mol. The highest BCUT2D eigenvalue weighted by Crippen LogP contribution is 2.33. The molecule has 5 nitrogen and oxygen atoms in total. The summed E-state index contributed by atoms with van der Waals surface area (Å²) in [7, 11) is 1.60. The summed E-state index contributed by atoms with van der Waals surface area (Å²) in [5, 5.41) is 5.89. The number of rotatable bonds is 7. The molecular weight excluding hydrogens is 340 g/mol. The topological polar surface area (TPSA) is 67.4 Å². The first-order valence-electron chi connectivity index (χ1n) is 10.1. The lowest BCUT2D eigenvalue weighted by Gasteiger charge is -2.31. The molecule has 27 heavy (non-hydrogen) atoms. The molecule has 150 valence electrons. The van der Waals surface area contributed by atoms with E-state index in [2.05, 4.69) is 24.5 Å². The van der Waals surface area contributed by atoms with Crippen LogP contribution in [0.3, 0.4) is 0 Å². The molecule has 1 aliphatic rings. The predicted octanol–water partition coefficient (Wildman–Crippen LogP) is 4.24. The van der Waals surface area contributed by atoms with E-state index in [9.17, 15) is 9.59 Å². The molecule has 1 fully saturated rings. The minimum Gasteiger partial charge on any atom is -0.497 e. The number of amides is 2. The Bertz CT molecular complexity index is 617. The summed E-state index contributed by atoms with van der Waals surface area (Å²) in [6.45, 7) is 8.41. The molecular formula is C22H34N2O3. The van der Waals surface area contributed by atoms with E-state index in [4.69, 9.17) is 4.74 Å². The van der Waals surface area contributed by atoms with E-state index in [1.54, 1.807) is 31.4 Å². The SMILES string of the molecule is COc1ccc(NC(=O)C(NC(=O)C2CCC(C(C)C)CC2)C(C)C)cc1. The van der Waals surface area contributed by atoms with Crippen molar-refractivity contribution in [1.82, 2.24) is 5.32 Å². The van der Waals surface area contributed by atoms with E-state index in [1.165, 1.54) is 0 Å². The van der Waals surface area contributed by atoms with Gasteiger partial charge in [-0.15, -0.1) is 0 Å². The van der Waals surface area contributed by atoms with E-state index in [1.807, 2.05) is 13.8 Å². The average Bonchev–Trinajstić information content (AvgIpc) is 2.66. The maximum Gasteiger partial charge on any atom is 0.247 e. The maximum atomic E-state index is 12.7. The largest absolute Gasteiger partial charge is 0.497 e. The van der Waals surface area contributed by atoms with Gasteiger partial charge in [0.25, 0.3) is 0 Å². The van der Waals surface area contributed by atoms with E-state index >= 15 is 0 Å². The molecule has 1 unspecified atom stereocenters. The number of carbonyl (C=O) groups is 2. The van der Waals surface area contributed by atoms with Gasteiger partial charge in [0, 0.05) is 11.6 Å². The van der Waals surface area contributed by atoms with Crippen molar-refractivity contribution in [3.8, 4) is 5.75 Å². The van der Waals surface area contributed by atoms with E-state index in [-0.39, 0.29) is 23.7 Å². The summed E-state index contributed by atoms with van der Waals surface area (Å²) in [4.78, 5) is 25.4. The highest BCUT2D eigenvalue weighted by atomic mass is 16.5. The third-order valence-corrected chi connectivity index (χ3v) is 5.69. The van der Waals surface area contributed by atoms with Crippen LogP contribution >= 0.6 is 0 Å². The van der Waals surface area contributed by atoms with Crippen molar-refractivity contribution in [3.63, 3.8) is 0 Å². The minimum absolute atomic E-state index is 0.0131. The Labute approximate surface area is 163 Å². The van der Waals surface area contributed by atoms with Gasteiger partial charge in [-0.2, -0.15) is 0 Å². The zero-order valence-electron chi connectivity index (χ0n) is 17.2. The molecule has 1 atom stereocenters. The lowest BCUT2D eigenvalue weighted by Crippen LogP contribution is -2.49. The normalized spacial score (nSPS) is 21.0. The summed E-state index contributed by atoms with van der Waals surface area (Å²) in [5.74, 6) is 1.99. The number of hydrogen-bond donors (Lipinski definition) is 2. The molecule has 2 N–H and O–H groups in total. The number of nitrogens with one attached hydrogen (secondary N) is 2. The lowest BCUT2D eigenvalue weighted by atomic mass is 9.76. The average molecular weight is 375 g/mol. The van der Waals surface area contributed by atoms with Gasteiger partial charge in [0.15, 0.2) is 0 Å². The molecule has 1 saturated carbocycles. The molecule has 0 aromatic heterocycles. The van der Waals surface area contributed by atoms with E-state index in [0.717, 1.165) is 31.4 Å². The van der Waals surface area contributed by atoms with Gasteiger partial charge in [-0.25, -0.2) is 0 Å². The maximum absolute atomic E-state index is 12.7. The van der Waals surface area contributed by atoms with Crippen molar-refractivity contribution in [1.29, 1.82) is 0 Å². The fourth-order valence-corrected chi connectivity index (χ4v) is 3.75. The van der Waals surface area contributed by atoms with Gasteiger partial charge in [-0.3, -0.25) is 9.59 Å². The molecule has 0 spiro atoms. The smallest absolute Gasteiger partial charge is 0.247 e. The Kier molecular flexibility index (Phi) is 7.69. The number of carbonyl (C=O) groups excluding carboxylic acids is 2. The quantitative estimate of drug-likeness (QED) is 0.750.